The lowest BCUT2D eigenvalue weighted by Crippen LogP contribution is -2.37. The lowest BCUT2D eigenvalue weighted by atomic mass is 9.89. The van der Waals surface area contributed by atoms with Crippen molar-refractivity contribution in [1.82, 2.24) is 10.2 Å². The average molecular weight is 346 g/mol. The van der Waals surface area contributed by atoms with E-state index >= 15 is 0 Å². The Balaban J connectivity index is 0.00000121. The first-order valence-corrected chi connectivity index (χ1v) is 8.05. The number of piperidine rings is 1. The van der Waals surface area contributed by atoms with Crippen LogP contribution in [0.15, 0.2) is 30.3 Å². The van der Waals surface area contributed by atoms with Gasteiger partial charge in [-0.2, -0.15) is 0 Å². The van der Waals surface area contributed by atoms with Crippen LogP contribution in [0.5, 0.6) is 0 Å². The molecule has 0 aromatic heterocycles. The van der Waals surface area contributed by atoms with Gasteiger partial charge in [0, 0.05) is 25.6 Å². The molecular formula is C17H29Cl2N3. The second-order valence-corrected chi connectivity index (χ2v) is 6.44. The van der Waals surface area contributed by atoms with E-state index in [1.54, 1.807) is 0 Å². The molecule has 3 nitrogen and oxygen atoms in total. The van der Waals surface area contributed by atoms with Crippen molar-refractivity contribution in [3.63, 3.8) is 0 Å². The van der Waals surface area contributed by atoms with Gasteiger partial charge in [-0.3, -0.25) is 0 Å². The van der Waals surface area contributed by atoms with E-state index in [-0.39, 0.29) is 24.8 Å². The van der Waals surface area contributed by atoms with Crippen LogP contribution in [0.1, 0.15) is 24.3 Å². The fourth-order valence-electron chi connectivity index (χ4n) is 3.87. The number of nitrogens with two attached hydrogens (primary N) is 1. The zero-order valence-electron chi connectivity index (χ0n) is 13.1. The van der Waals surface area contributed by atoms with Gasteiger partial charge in [0.1, 0.15) is 0 Å². The van der Waals surface area contributed by atoms with Crippen LogP contribution in [-0.4, -0.2) is 44.2 Å². The van der Waals surface area contributed by atoms with Crippen molar-refractivity contribution in [2.45, 2.75) is 18.8 Å². The summed E-state index contributed by atoms with van der Waals surface area (Å²) in [4.78, 5) is 2.65. The van der Waals surface area contributed by atoms with Crippen LogP contribution < -0.4 is 11.1 Å². The smallest absolute Gasteiger partial charge is 0.00542 e. The maximum absolute atomic E-state index is 6.02. The summed E-state index contributed by atoms with van der Waals surface area (Å²) in [6.45, 7) is 6.80. The van der Waals surface area contributed by atoms with E-state index in [0.717, 1.165) is 12.5 Å². The van der Waals surface area contributed by atoms with Crippen molar-refractivity contribution in [3.05, 3.63) is 35.9 Å². The minimum atomic E-state index is 0. The van der Waals surface area contributed by atoms with Crippen molar-refractivity contribution in [3.8, 4) is 0 Å². The van der Waals surface area contributed by atoms with Gasteiger partial charge in [0.2, 0.25) is 0 Å². The molecule has 22 heavy (non-hydrogen) atoms. The molecule has 2 aliphatic rings. The van der Waals surface area contributed by atoms with Crippen LogP contribution in [0.3, 0.4) is 0 Å². The first-order valence-electron chi connectivity index (χ1n) is 8.05. The standard InChI is InChI=1S/C17H27N3.2ClH/c18-9-16-12-20(11-14-5-4-8-19-10-14)13-17(16)15-6-2-1-3-7-15;;/h1-3,6-7,14,16-17,19H,4-5,8-13,18H2;2*1H/t14?,16-,17+;;/m1../s1. The number of hydrogen-bond donors (Lipinski definition) is 2. The van der Waals surface area contributed by atoms with Gasteiger partial charge in [-0.15, -0.1) is 24.8 Å². The van der Waals surface area contributed by atoms with Gasteiger partial charge < -0.3 is 16.0 Å². The molecule has 3 atom stereocenters. The molecule has 0 radical (unpaired) electrons. The lowest BCUT2D eigenvalue weighted by Gasteiger charge is -2.27. The third kappa shape index (κ3) is 4.84. The second-order valence-electron chi connectivity index (χ2n) is 6.44. The van der Waals surface area contributed by atoms with Gasteiger partial charge in [-0.25, -0.2) is 0 Å². The van der Waals surface area contributed by atoms with Gasteiger partial charge in [0.05, 0.1) is 0 Å². The normalized spacial score (nSPS) is 28.7. The number of rotatable bonds is 4. The zero-order valence-corrected chi connectivity index (χ0v) is 14.7. The number of benzene rings is 1. The van der Waals surface area contributed by atoms with E-state index in [2.05, 4.69) is 40.5 Å². The molecule has 0 amide bonds. The Morgan fingerprint density at radius 3 is 2.55 bits per heavy atom. The highest BCUT2D eigenvalue weighted by Gasteiger charge is 2.33. The molecular weight excluding hydrogens is 317 g/mol. The minimum absolute atomic E-state index is 0. The first kappa shape index (κ1) is 19.7. The Bertz CT molecular complexity index is 410. The summed E-state index contributed by atoms with van der Waals surface area (Å²) in [5.74, 6) is 2.07. The molecule has 1 unspecified atom stereocenters. The predicted octanol–water partition coefficient (Wildman–Crippen LogP) is 2.50. The van der Waals surface area contributed by atoms with Crippen molar-refractivity contribution in [2.24, 2.45) is 17.6 Å². The largest absolute Gasteiger partial charge is 0.330 e. The van der Waals surface area contributed by atoms with E-state index < -0.39 is 0 Å². The first-order chi connectivity index (χ1) is 9.86. The van der Waals surface area contributed by atoms with E-state index in [1.165, 1.54) is 51.1 Å². The van der Waals surface area contributed by atoms with Crippen LogP contribution in [-0.2, 0) is 0 Å². The van der Waals surface area contributed by atoms with Gasteiger partial charge in [0.25, 0.3) is 0 Å². The van der Waals surface area contributed by atoms with Gasteiger partial charge in [0.15, 0.2) is 0 Å². The van der Waals surface area contributed by atoms with E-state index in [4.69, 9.17) is 5.73 Å². The van der Waals surface area contributed by atoms with Crippen LogP contribution in [0.2, 0.25) is 0 Å². The summed E-state index contributed by atoms with van der Waals surface area (Å²) in [5.41, 5.74) is 7.48. The average Bonchev–Trinajstić information content (AvgIpc) is 2.92. The lowest BCUT2D eigenvalue weighted by molar-refractivity contribution is 0.237. The fraction of sp³-hybridized carbons (Fsp3) is 0.647. The topological polar surface area (TPSA) is 41.3 Å². The van der Waals surface area contributed by atoms with E-state index in [0.29, 0.717) is 11.8 Å². The van der Waals surface area contributed by atoms with E-state index in [9.17, 15) is 0 Å². The maximum atomic E-state index is 6.02. The Kier molecular flexibility index (Phi) is 8.73. The number of halogens is 2. The van der Waals surface area contributed by atoms with Gasteiger partial charge >= 0.3 is 0 Å². The zero-order chi connectivity index (χ0) is 13.8. The third-order valence-electron chi connectivity index (χ3n) is 4.96. The number of nitrogens with zero attached hydrogens (tertiary/aromatic N) is 1. The highest BCUT2D eigenvalue weighted by molar-refractivity contribution is 5.85. The molecule has 0 saturated carbocycles. The summed E-state index contributed by atoms with van der Waals surface area (Å²) in [6.07, 6.45) is 2.72. The molecule has 3 rings (SSSR count). The molecule has 1 aromatic carbocycles. The van der Waals surface area contributed by atoms with Crippen molar-refractivity contribution >= 4 is 24.8 Å². The highest BCUT2D eigenvalue weighted by Crippen LogP contribution is 2.32. The van der Waals surface area contributed by atoms with Crippen LogP contribution in [0.4, 0.5) is 0 Å². The summed E-state index contributed by atoms with van der Waals surface area (Å²) in [6, 6.07) is 10.9. The van der Waals surface area contributed by atoms with Crippen LogP contribution in [0.25, 0.3) is 0 Å². The Morgan fingerprint density at radius 2 is 1.91 bits per heavy atom. The van der Waals surface area contributed by atoms with Gasteiger partial charge in [-0.05, 0) is 49.9 Å². The highest BCUT2D eigenvalue weighted by atomic mass is 35.5. The molecule has 3 N–H and O–H groups in total. The molecule has 2 saturated heterocycles. The molecule has 0 bridgehead atoms. The molecule has 2 fully saturated rings. The van der Waals surface area contributed by atoms with E-state index in [1.807, 2.05) is 0 Å². The number of hydrogen-bond acceptors (Lipinski definition) is 3. The summed E-state index contributed by atoms with van der Waals surface area (Å²) in [5, 5.41) is 3.53. The third-order valence-corrected chi connectivity index (χ3v) is 4.96. The quantitative estimate of drug-likeness (QED) is 0.880. The monoisotopic (exact) mass is 345 g/mol. The van der Waals surface area contributed by atoms with Gasteiger partial charge in [-0.1, -0.05) is 30.3 Å². The van der Waals surface area contributed by atoms with Crippen LogP contribution in [0, 0.1) is 11.8 Å². The second kappa shape index (κ2) is 9.74. The summed E-state index contributed by atoms with van der Waals surface area (Å²) < 4.78 is 0. The SMILES string of the molecule is Cl.Cl.NC[C@@H]1CN(CC2CCCNC2)C[C@H]1c1ccccc1. The summed E-state index contributed by atoms with van der Waals surface area (Å²) in [7, 11) is 0. The van der Waals surface area contributed by atoms with Crippen LogP contribution >= 0.6 is 24.8 Å². The Hall–Kier alpha value is -0.320. The molecule has 2 aliphatic heterocycles. The minimum Gasteiger partial charge on any atom is -0.330 e. The van der Waals surface area contributed by atoms with Crippen molar-refractivity contribution in [1.29, 1.82) is 0 Å². The molecule has 0 spiro atoms. The maximum Gasteiger partial charge on any atom is 0.00542 e. The number of nitrogens with one attached hydrogen (secondary N) is 1. The molecule has 0 aliphatic carbocycles. The van der Waals surface area contributed by atoms with Crippen molar-refractivity contribution in [2.75, 3.05) is 39.3 Å². The Morgan fingerprint density at radius 1 is 1.14 bits per heavy atom. The predicted molar refractivity (Wildman–Crippen MR) is 98.3 cm³/mol. The summed E-state index contributed by atoms with van der Waals surface area (Å²) >= 11 is 0. The number of likely N-dealkylation sites (tertiary alicyclic amines) is 1. The molecule has 5 heteroatoms. The Labute approximate surface area is 146 Å². The molecule has 126 valence electrons. The van der Waals surface area contributed by atoms with Crippen molar-refractivity contribution < 1.29 is 0 Å². The molecule has 2 heterocycles. The molecule has 1 aromatic rings. The fourth-order valence-corrected chi connectivity index (χ4v) is 3.87.